The van der Waals surface area contributed by atoms with E-state index in [0.29, 0.717) is 4.38 Å². The Kier molecular flexibility index (Phi) is 5.82. The van der Waals surface area contributed by atoms with Crippen LogP contribution in [0.2, 0.25) is 0 Å². The second kappa shape index (κ2) is 7.45. The van der Waals surface area contributed by atoms with Crippen LogP contribution in [0.1, 0.15) is 40.2 Å². The van der Waals surface area contributed by atoms with E-state index in [4.69, 9.17) is 17.0 Å². The van der Waals surface area contributed by atoms with E-state index >= 15 is 0 Å². The molecule has 1 aromatic heterocycles. The Balaban J connectivity index is 2.28. The zero-order valence-corrected chi connectivity index (χ0v) is 15.9. The molecule has 0 aliphatic carbocycles. The number of pyridine rings is 1. The van der Waals surface area contributed by atoms with Crippen LogP contribution in [0.15, 0.2) is 47.6 Å². The Bertz CT molecular complexity index is 673. The Morgan fingerprint density at radius 2 is 1.78 bits per heavy atom. The van der Waals surface area contributed by atoms with Gasteiger partial charge in [0.15, 0.2) is 0 Å². The number of thioether (sulfide) groups is 1. The summed E-state index contributed by atoms with van der Waals surface area (Å²) in [6.45, 7) is 10.6. The van der Waals surface area contributed by atoms with Crippen LogP contribution in [-0.4, -0.2) is 15.5 Å². The van der Waals surface area contributed by atoms with Crippen LogP contribution in [0.3, 0.4) is 0 Å². The lowest BCUT2D eigenvalue weighted by molar-refractivity contribution is 0.243. The molecule has 1 heterocycles. The summed E-state index contributed by atoms with van der Waals surface area (Å²) in [5.74, 6) is 0. The summed E-state index contributed by atoms with van der Waals surface area (Å²) < 4.78 is 6.10. The van der Waals surface area contributed by atoms with Crippen molar-refractivity contribution in [1.82, 2.24) is 4.98 Å². The van der Waals surface area contributed by atoms with Crippen molar-refractivity contribution in [2.45, 2.75) is 51.0 Å². The molecule has 0 amide bonds. The highest BCUT2D eigenvalue weighted by molar-refractivity contribution is 8.22. The molecule has 0 fully saturated rings. The van der Waals surface area contributed by atoms with Crippen LogP contribution >= 0.6 is 24.0 Å². The second-order valence-electron chi connectivity index (χ2n) is 6.72. The predicted molar refractivity (Wildman–Crippen MR) is 103 cm³/mol. The second-order valence-corrected chi connectivity index (χ2v) is 8.36. The quantitative estimate of drug-likeness (QED) is 0.514. The summed E-state index contributed by atoms with van der Waals surface area (Å²) in [5, 5.41) is 0. The molecule has 0 aliphatic rings. The summed E-state index contributed by atoms with van der Waals surface area (Å²) in [6, 6.07) is 10.7. The summed E-state index contributed by atoms with van der Waals surface area (Å²) in [6.07, 6.45) is 3.73. The third-order valence-electron chi connectivity index (χ3n) is 3.37. The monoisotopic (exact) mass is 345 g/mol. The molecular formula is C19H23NOS2. The molecule has 4 heteroatoms. The first-order chi connectivity index (χ1) is 10.8. The van der Waals surface area contributed by atoms with Gasteiger partial charge in [-0.05, 0) is 66.0 Å². The number of ether oxygens (including phenoxy) is 1. The summed E-state index contributed by atoms with van der Waals surface area (Å²) in [5.41, 5.74) is 3.76. The Morgan fingerprint density at radius 3 is 2.35 bits per heavy atom. The topological polar surface area (TPSA) is 22.1 Å². The minimum atomic E-state index is 0.0844. The molecule has 0 saturated carbocycles. The van der Waals surface area contributed by atoms with Crippen molar-refractivity contribution in [2.75, 3.05) is 0 Å². The fourth-order valence-electron chi connectivity index (χ4n) is 2.16. The van der Waals surface area contributed by atoms with Crippen molar-refractivity contribution in [3.8, 4) is 11.1 Å². The molecule has 2 rings (SSSR count). The zero-order valence-electron chi connectivity index (χ0n) is 14.3. The van der Waals surface area contributed by atoms with Gasteiger partial charge in [0.2, 0.25) is 4.38 Å². The van der Waals surface area contributed by atoms with Crippen LogP contribution < -0.4 is 0 Å². The van der Waals surface area contributed by atoms with Crippen LogP contribution in [0.25, 0.3) is 11.1 Å². The van der Waals surface area contributed by atoms with E-state index in [2.05, 4.69) is 50.0 Å². The lowest BCUT2D eigenvalue weighted by atomic mass is 9.86. The summed E-state index contributed by atoms with van der Waals surface area (Å²) >= 11 is 6.75. The lowest BCUT2D eigenvalue weighted by Gasteiger charge is -2.19. The first-order valence-corrected chi connectivity index (χ1v) is 8.93. The van der Waals surface area contributed by atoms with Gasteiger partial charge in [-0.1, -0.05) is 45.0 Å². The average molecular weight is 346 g/mol. The minimum absolute atomic E-state index is 0.0844. The predicted octanol–water partition coefficient (Wildman–Crippen LogP) is 5.85. The maximum atomic E-state index is 5.58. The molecule has 0 aliphatic heterocycles. The Labute approximate surface area is 148 Å². The molecule has 0 atom stereocenters. The molecular weight excluding hydrogens is 322 g/mol. The highest BCUT2D eigenvalue weighted by Crippen LogP contribution is 2.33. The first kappa shape index (κ1) is 18.0. The maximum absolute atomic E-state index is 5.58. The van der Waals surface area contributed by atoms with Gasteiger partial charge in [-0.3, -0.25) is 4.98 Å². The van der Waals surface area contributed by atoms with E-state index in [0.717, 1.165) is 16.0 Å². The number of hydrogen-bond donors (Lipinski definition) is 0. The molecule has 1 aromatic carbocycles. The maximum Gasteiger partial charge on any atom is 0.225 e. The van der Waals surface area contributed by atoms with Gasteiger partial charge in [-0.15, -0.1) is 0 Å². The number of rotatable bonds is 3. The van der Waals surface area contributed by atoms with E-state index in [-0.39, 0.29) is 11.5 Å². The molecule has 0 bridgehead atoms. The SMILES string of the molecule is CC(C)OC(=S)Sc1cnccc1-c1ccc(C(C)(C)C)cc1. The van der Waals surface area contributed by atoms with Gasteiger partial charge in [0.05, 0.1) is 6.10 Å². The molecule has 23 heavy (non-hydrogen) atoms. The Morgan fingerprint density at radius 1 is 1.13 bits per heavy atom. The third-order valence-corrected chi connectivity index (χ3v) is 4.53. The van der Waals surface area contributed by atoms with Crippen LogP contribution in [-0.2, 0) is 10.2 Å². The molecule has 2 nitrogen and oxygen atoms in total. The van der Waals surface area contributed by atoms with E-state index in [1.807, 2.05) is 32.3 Å². The van der Waals surface area contributed by atoms with Crippen molar-refractivity contribution in [3.63, 3.8) is 0 Å². The number of nitrogens with zero attached hydrogens (tertiary/aromatic N) is 1. The highest BCUT2D eigenvalue weighted by atomic mass is 32.2. The number of aromatic nitrogens is 1. The zero-order chi connectivity index (χ0) is 17.0. The molecule has 2 aromatic rings. The molecule has 0 radical (unpaired) electrons. The van der Waals surface area contributed by atoms with Gasteiger partial charge >= 0.3 is 0 Å². The standard InChI is InChI=1S/C19H23NOS2/c1-13(2)21-18(22)23-17-12-20-11-10-16(17)14-6-8-15(9-7-14)19(3,4)5/h6-13H,1-5H3. The van der Waals surface area contributed by atoms with E-state index in [1.165, 1.54) is 17.3 Å². The van der Waals surface area contributed by atoms with Crippen molar-refractivity contribution < 1.29 is 4.74 Å². The Hall–Kier alpha value is -1.39. The van der Waals surface area contributed by atoms with Crippen molar-refractivity contribution in [1.29, 1.82) is 0 Å². The van der Waals surface area contributed by atoms with Crippen molar-refractivity contribution >= 4 is 28.4 Å². The minimum Gasteiger partial charge on any atom is -0.476 e. The highest BCUT2D eigenvalue weighted by Gasteiger charge is 2.14. The van der Waals surface area contributed by atoms with Crippen molar-refractivity contribution in [2.24, 2.45) is 0 Å². The number of benzene rings is 1. The van der Waals surface area contributed by atoms with E-state index < -0.39 is 0 Å². The summed E-state index contributed by atoms with van der Waals surface area (Å²) in [7, 11) is 0. The van der Waals surface area contributed by atoms with E-state index in [1.54, 1.807) is 0 Å². The normalized spacial score (nSPS) is 11.6. The van der Waals surface area contributed by atoms with Gasteiger partial charge in [-0.2, -0.15) is 0 Å². The average Bonchev–Trinajstić information content (AvgIpc) is 2.46. The number of thiocarbonyl (C=S) groups is 1. The smallest absolute Gasteiger partial charge is 0.225 e. The lowest BCUT2D eigenvalue weighted by Crippen LogP contribution is -2.10. The van der Waals surface area contributed by atoms with Crippen LogP contribution in [0.4, 0.5) is 0 Å². The molecule has 0 spiro atoms. The molecule has 0 N–H and O–H groups in total. The van der Waals surface area contributed by atoms with Crippen molar-refractivity contribution in [3.05, 3.63) is 48.3 Å². The fraction of sp³-hybridized carbons (Fsp3) is 0.368. The van der Waals surface area contributed by atoms with Gasteiger partial charge in [-0.25, -0.2) is 0 Å². The summed E-state index contributed by atoms with van der Waals surface area (Å²) in [4.78, 5) is 5.24. The van der Waals surface area contributed by atoms with Gasteiger partial charge in [0.25, 0.3) is 0 Å². The van der Waals surface area contributed by atoms with E-state index in [9.17, 15) is 0 Å². The van der Waals surface area contributed by atoms with Gasteiger partial charge in [0.1, 0.15) is 0 Å². The molecule has 0 unspecified atom stereocenters. The van der Waals surface area contributed by atoms with Gasteiger partial charge < -0.3 is 4.74 Å². The third kappa shape index (κ3) is 5.05. The first-order valence-electron chi connectivity index (χ1n) is 7.71. The number of hydrogen-bond acceptors (Lipinski definition) is 4. The fourth-order valence-corrected chi connectivity index (χ4v) is 3.45. The molecule has 122 valence electrons. The van der Waals surface area contributed by atoms with Crippen LogP contribution in [0.5, 0.6) is 0 Å². The largest absolute Gasteiger partial charge is 0.476 e. The molecule has 0 saturated heterocycles. The van der Waals surface area contributed by atoms with Gasteiger partial charge in [0, 0.05) is 17.3 Å². The van der Waals surface area contributed by atoms with Crippen LogP contribution in [0, 0.1) is 0 Å².